The molecule has 1 aromatic carbocycles. The first-order valence-electron chi connectivity index (χ1n) is 9.34. The summed E-state index contributed by atoms with van der Waals surface area (Å²) in [4.78, 5) is 14.5. The van der Waals surface area contributed by atoms with Gasteiger partial charge in [0.05, 0.1) is 12.7 Å². The van der Waals surface area contributed by atoms with Gasteiger partial charge >= 0.3 is 0 Å². The van der Waals surface area contributed by atoms with E-state index in [2.05, 4.69) is 13.8 Å². The Balaban J connectivity index is 1.56. The van der Waals surface area contributed by atoms with E-state index in [-0.39, 0.29) is 30.6 Å². The monoisotopic (exact) mass is 347 g/mol. The van der Waals surface area contributed by atoms with E-state index in [0.717, 1.165) is 25.1 Å². The van der Waals surface area contributed by atoms with Gasteiger partial charge in [0.25, 0.3) is 5.91 Å². The maximum absolute atomic E-state index is 12.6. The van der Waals surface area contributed by atoms with Crippen LogP contribution in [-0.4, -0.2) is 54.4 Å². The number of hydrogen-bond donors (Lipinski definition) is 1. The van der Waals surface area contributed by atoms with E-state index in [1.807, 2.05) is 29.2 Å². The fourth-order valence-corrected chi connectivity index (χ4v) is 3.84. The standard InChI is InChI=1S/C20H29NO4/c1-14(2)15-5-7-16(8-6-15)25-13-20(23)21-10-3-4-18(21)17-12-24-11-9-19(17)22/h5-8,14,17-19,22H,3-4,9-13H2,1-2H3/t17-,18+,19+/m0/s1. The van der Waals surface area contributed by atoms with E-state index in [0.29, 0.717) is 25.6 Å². The summed E-state index contributed by atoms with van der Waals surface area (Å²) in [7, 11) is 0. The maximum atomic E-state index is 12.6. The fourth-order valence-electron chi connectivity index (χ4n) is 3.84. The highest BCUT2D eigenvalue weighted by molar-refractivity contribution is 5.78. The average Bonchev–Trinajstić information content (AvgIpc) is 3.10. The van der Waals surface area contributed by atoms with Crippen molar-refractivity contribution in [2.24, 2.45) is 5.92 Å². The molecule has 3 atom stereocenters. The van der Waals surface area contributed by atoms with Crippen LogP contribution in [0.2, 0.25) is 0 Å². The van der Waals surface area contributed by atoms with Crippen molar-refractivity contribution in [2.45, 2.75) is 51.2 Å². The lowest BCUT2D eigenvalue weighted by Gasteiger charge is -2.36. The minimum absolute atomic E-state index is 0.00629. The summed E-state index contributed by atoms with van der Waals surface area (Å²) in [5.74, 6) is 1.21. The van der Waals surface area contributed by atoms with Crippen LogP contribution in [0, 0.1) is 5.92 Å². The minimum Gasteiger partial charge on any atom is -0.484 e. The first-order chi connectivity index (χ1) is 12.1. The van der Waals surface area contributed by atoms with Gasteiger partial charge in [-0.15, -0.1) is 0 Å². The Bertz CT molecular complexity index is 572. The molecule has 0 saturated carbocycles. The number of aliphatic hydroxyl groups is 1. The van der Waals surface area contributed by atoms with E-state index in [9.17, 15) is 9.90 Å². The SMILES string of the molecule is CC(C)c1ccc(OCC(=O)N2CCC[C@@H]2[C@@H]2COCC[C@H]2O)cc1. The normalized spacial score (nSPS) is 26.9. The van der Waals surface area contributed by atoms with E-state index in [1.165, 1.54) is 5.56 Å². The van der Waals surface area contributed by atoms with Crippen LogP contribution in [0.15, 0.2) is 24.3 Å². The number of ether oxygens (including phenoxy) is 2. The molecule has 1 N–H and O–H groups in total. The Morgan fingerprint density at radius 2 is 2.08 bits per heavy atom. The highest BCUT2D eigenvalue weighted by Gasteiger charge is 2.39. The summed E-state index contributed by atoms with van der Waals surface area (Å²) in [5.41, 5.74) is 1.25. The van der Waals surface area contributed by atoms with E-state index < -0.39 is 0 Å². The molecule has 5 heteroatoms. The zero-order valence-corrected chi connectivity index (χ0v) is 15.2. The Labute approximate surface area is 149 Å². The van der Waals surface area contributed by atoms with Crippen LogP contribution in [-0.2, 0) is 9.53 Å². The molecule has 2 saturated heterocycles. The largest absolute Gasteiger partial charge is 0.484 e. The maximum Gasteiger partial charge on any atom is 0.260 e. The second kappa shape index (κ2) is 8.19. The molecule has 0 unspecified atom stereocenters. The molecule has 0 aromatic heterocycles. The molecule has 0 radical (unpaired) electrons. The van der Waals surface area contributed by atoms with Crippen molar-refractivity contribution in [1.29, 1.82) is 0 Å². The van der Waals surface area contributed by atoms with Gasteiger partial charge in [-0.05, 0) is 42.9 Å². The molecular formula is C20H29NO4. The van der Waals surface area contributed by atoms with Gasteiger partial charge in [-0.2, -0.15) is 0 Å². The lowest BCUT2D eigenvalue weighted by atomic mass is 9.89. The summed E-state index contributed by atoms with van der Waals surface area (Å²) in [6, 6.07) is 7.98. The van der Waals surface area contributed by atoms with Gasteiger partial charge in [0.2, 0.25) is 0 Å². The van der Waals surface area contributed by atoms with Crippen LogP contribution in [0.25, 0.3) is 0 Å². The van der Waals surface area contributed by atoms with Gasteiger partial charge in [0.1, 0.15) is 5.75 Å². The van der Waals surface area contributed by atoms with Gasteiger partial charge < -0.3 is 19.5 Å². The number of likely N-dealkylation sites (tertiary alicyclic amines) is 1. The van der Waals surface area contributed by atoms with Crippen LogP contribution in [0.1, 0.15) is 44.6 Å². The Hall–Kier alpha value is -1.59. The third-order valence-electron chi connectivity index (χ3n) is 5.39. The average molecular weight is 347 g/mol. The predicted molar refractivity (Wildman–Crippen MR) is 95.7 cm³/mol. The summed E-state index contributed by atoms with van der Waals surface area (Å²) < 4.78 is 11.2. The van der Waals surface area contributed by atoms with Crippen molar-refractivity contribution in [2.75, 3.05) is 26.4 Å². The highest BCUT2D eigenvalue weighted by Crippen LogP contribution is 2.30. The number of rotatable bonds is 5. The third-order valence-corrected chi connectivity index (χ3v) is 5.39. The highest BCUT2D eigenvalue weighted by atomic mass is 16.5. The van der Waals surface area contributed by atoms with Crippen molar-refractivity contribution < 1.29 is 19.4 Å². The smallest absolute Gasteiger partial charge is 0.260 e. The molecule has 1 aromatic rings. The molecular weight excluding hydrogens is 318 g/mol. The number of amides is 1. The lowest BCUT2D eigenvalue weighted by Crippen LogP contribution is -2.49. The molecule has 2 aliphatic rings. The number of hydrogen-bond acceptors (Lipinski definition) is 4. The van der Waals surface area contributed by atoms with Crippen LogP contribution in [0.5, 0.6) is 5.75 Å². The Kier molecular flexibility index (Phi) is 5.97. The Morgan fingerprint density at radius 1 is 1.32 bits per heavy atom. The molecule has 2 fully saturated rings. The summed E-state index contributed by atoms with van der Waals surface area (Å²) in [6.07, 6.45) is 2.18. The topological polar surface area (TPSA) is 59.0 Å². The molecule has 0 aliphatic carbocycles. The number of benzene rings is 1. The van der Waals surface area contributed by atoms with Gasteiger partial charge in [0, 0.05) is 25.1 Å². The van der Waals surface area contributed by atoms with E-state index >= 15 is 0 Å². The van der Waals surface area contributed by atoms with Crippen molar-refractivity contribution in [1.82, 2.24) is 4.90 Å². The van der Waals surface area contributed by atoms with Gasteiger partial charge in [-0.1, -0.05) is 26.0 Å². The lowest BCUT2D eigenvalue weighted by molar-refractivity contribution is -0.138. The molecule has 1 amide bonds. The van der Waals surface area contributed by atoms with Gasteiger partial charge in [0.15, 0.2) is 6.61 Å². The van der Waals surface area contributed by atoms with Crippen LogP contribution in [0.3, 0.4) is 0 Å². The Morgan fingerprint density at radius 3 is 2.76 bits per heavy atom. The molecule has 138 valence electrons. The van der Waals surface area contributed by atoms with E-state index in [1.54, 1.807) is 0 Å². The fraction of sp³-hybridized carbons (Fsp3) is 0.650. The predicted octanol–water partition coefficient (Wildman–Crippen LogP) is 2.58. The van der Waals surface area contributed by atoms with Crippen molar-refractivity contribution >= 4 is 5.91 Å². The molecule has 2 heterocycles. The number of aliphatic hydroxyl groups excluding tert-OH is 1. The second-order valence-corrected chi connectivity index (χ2v) is 7.40. The van der Waals surface area contributed by atoms with Gasteiger partial charge in [-0.25, -0.2) is 0 Å². The number of carbonyl (C=O) groups is 1. The summed E-state index contributed by atoms with van der Waals surface area (Å²) in [5, 5.41) is 10.3. The molecule has 3 rings (SSSR count). The van der Waals surface area contributed by atoms with Crippen molar-refractivity contribution in [3.63, 3.8) is 0 Å². The molecule has 5 nitrogen and oxygen atoms in total. The molecule has 25 heavy (non-hydrogen) atoms. The number of nitrogens with zero attached hydrogens (tertiary/aromatic N) is 1. The molecule has 0 bridgehead atoms. The van der Waals surface area contributed by atoms with E-state index in [4.69, 9.17) is 9.47 Å². The van der Waals surface area contributed by atoms with Gasteiger partial charge in [-0.3, -0.25) is 4.79 Å². The van der Waals surface area contributed by atoms with Crippen LogP contribution in [0.4, 0.5) is 0 Å². The third kappa shape index (κ3) is 4.33. The molecule has 2 aliphatic heterocycles. The second-order valence-electron chi connectivity index (χ2n) is 7.40. The molecule has 0 spiro atoms. The zero-order valence-electron chi connectivity index (χ0n) is 15.2. The quantitative estimate of drug-likeness (QED) is 0.889. The van der Waals surface area contributed by atoms with Crippen LogP contribution >= 0.6 is 0 Å². The van der Waals surface area contributed by atoms with Crippen molar-refractivity contribution in [3.8, 4) is 5.75 Å². The minimum atomic E-state index is -0.378. The summed E-state index contributed by atoms with van der Waals surface area (Å²) in [6.45, 7) is 6.22. The van der Waals surface area contributed by atoms with Crippen molar-refractivity contribution in [3.05, 3.63) is 29.8 Å². The zero-order chi connectivity index (χ0) is 17.8. The number of carbonyl (C=O) groups excluding carboxylic acids is 1. The first kappa shape index (κ1) is 18.2. The van der Waals surface area contributed by atoms with Crippen LogP contribution < -0.4 is 4.74 Å². The first-order valence-corrected chi connectivity index (χ1v) is 9.34. The summed E-state index contributed by atoms with van der Waals surface area (Å²) >= 11 is 0.